The summed E-state index contributed by atoms with van der Waals surface area (Å²) in [6, 6.07) is 13.0. The van der Waals surface area contributed by atoms with Gasteiger partial charge in [0.25, 0.3) is 0 Å². The Morgan fingerprint density at radius 2 is 1.72 bits per heavy atom. The average molecular weight is 594 g/mol. The number of methoxy groups -OCH3 is 1. The molecule has 1 unspecified atom stereocenters. The van der Waals surface area contributed by atoms with Crippen molar-refractivity contribution in [2.75, 3.05) is 25.1 Å². The number of aliphatic hydroxyl groups excluding tert-OH is 1. The van der Waals surface area contributed by atoms with Crippen molar-refractivity contribution in [2.45, 2.75) is 70.1 Å². The molecule has 228 valence electrons. The van der Waals surface area contributed by atoms with Crippen LogP contribution in [0, 0.1) is 17.6 Å². The molecule has 1 aromatic heterocycles. The van der Waals surface area contributed by atoms with Crippen molar-refractivity contribution in [3.8, 4) is 16.9 Å². The van der Waals surface area contributed by atoms with Gasteiger partial charge in [0.1, 0.15) is 29.3 Å². The molecule has 0 bridgehead atoms. The number of hydrogen-bond donors (Lipinski definition) is 2. The number of carboxylic acids is 1. The molecule has 3 heterocycles. The molecule has 0 spiro atoms. The largest absolute Gasteiger partial charge is 0.496 e. The van der Waals surface area contributed by atoms with E-state index in [4.69, 9.17) is 14.5 Å². The summed E-state index contributed by atoms with van der Waals surface area (Å²) in [5.41, 5.74) is 3.88. The average Bonchev–Trinajstić information content (AvgIpc) is 3.24. The summed E-state index contributed by atoms with van der Waals surface area (Å²) >= 11 is 0. The van der Waals surface area contributed by atoms with E-state index in [9.17, 15) is 23.8 Å². The first-order valence-corrected chi connectivity index (χ1v) is 14.9. The summed E-state index contributed by atoms with van der Waals surface area (Å²) in [5, 5.41) is 20.4. The number of benzene rings is 2. The zero-order valence-corrected chi connectivity index (χ0v) is 24.4. The molecular formula is C33H37F2N3O5. The highest BCUT2D eigenvalue weighted by Gasteiger charge is 2.40. The molecule has 0 radical (unpaired) electrons. The van der Waals surface area contributed by atoms with Gasteiger partial charge in [0.15, 0.2) is 0 Å². The Kier molecular flexibility index (Phi) is 8.35. The minimum atomic E-state index is -1.30. The number of halogens is 2. The normalized spacial score (nSPS) is 25.9. The third kappa shape index (κ3) is 5.96. The number of hydrogen-bond acceptors (Lipinski definition) is 7. The molecule has 8 nitrogen and oxygen atoms in total. The highest BCUT2D eigenvalue weighted by Crippen LogP contribution is 2.42. The van der Waals surface area contributed by atoms with Crippen LogP contribution in [-0.2, 0) is 16.1 Å². The first kappa shape index (κ1) is 29.5. The fourth-order valence-electron chi connectivity index (χ4n) is 6.63. The first-order valence-electron chi connectivity index (χ1n) is 14.9. The maximum Gasteiger partial charge on any atom is 0.306 e. The molecule has 0 amide bonds. The van der Waals surface area contributed by atoms with Gasteiger partial charge in [0, 0.05) is 42.9 Å². The van der Waals surface area contributed by atoms with Crippen LogP contribution in [0.4, 0.5) is 14.6 Å². The lowest BCUT2D eigenvalue weighted by atomic mass is 9.78. The third-order valence-corrected chi connectivity index (χ3v) is 9.26. The second kappa shape index (κ2) is 12.2. The molecule has 43 heavy (non-hydrogen) atoms. The molecule has 3 atom stereocenters. The molecule has 2 aliphatic heterocycles. The third-order valence-electron chi connectivity index (χ3n) is 9.26. The second-order valence-corrected chi connectivity index (χ2v) is 11.8. The van der Waals surface area contributed by atoms with Crippen LogP contribution in [0.25, 0.3) is 11.1 Å². The van der Waals surface area contributed by atoms with Crippen molar-refractivity contribution < 1.29 is 33.3 Å². The van der Waals surface area contributed by atoms with Crippen molar-refractivity contribution in [2.24, 2.45) is 5.92 Å². The maximum atomic E-state index is 14.0. The Labute approximate surface area is 249 Å². The molecule has 3 aromatic rings. The first-order chi connectivity index (χ1) is 20.7. The van der Waals surface area contributed by atoms with Crippen LogP contribution in [0.3, 0.4) is 0 Å². The Hall–Kier alpha value is -3.60. The molecule has 2 aromatic carbocycles. The monoisotopic (exact) mass is 593 g/mol. The van der Waals surface area contributed by atoms with Crippen LogP contribution in [0.1, 0.15) is 67.9 Å². The van der Waals surface area contributed by atoms with E-state index in [2.05, 4.69) is 17.0 Å². The van der Waals surface area contributed by atoms with Crippen molar-refractivity contribution in [1.82, 2.24) is 9.88 Å². The molecule has 3 fully saturated rings. The summed E-state index contributed by atoms with van der Waals surface area (Å²) in [6.45, 7) is 3.92. The summed E-state index contributed by atoms with van der Waals surface area (Å²) in [7, 11) is 1.63. The second-order valence-electron chi connectivity index (χ2n) is 11.8. The Morgan fingerprint density at radius 3 is 2.35 bits per heavy atom. The van der Waals surface area contributed by atoms with Crippen LogP contribution < -0.4 is 9.64 Å². The summed E-state index contributed by atoms with van der Waals surface area (Å²) < 4.78 is 39.6. The predicted octanol–water partition coefficient (Wildman–Crippen LogP) is 5.84. The summed E-state index contributed by atoms with van der Waals surface area (Å²) in [4.78, 5) is 20.5. The lowest BCUT2D eigenvalue weighted by Crippen LogP contribution is -2.38. The standard InChI is InChI=1S/C33H37F2N3O5/c1-19-31(23-14-24(34)17-25(35)15-23)43-33(41)38(19)18-28-26(9-11-30(36-28)37-12-3-13-37)27-16-22(8-10-29(27)42-2)20-4-6-21(7-5-20)32(39)40/h8-11,14-17,19-21,31,33,41H,3-7,12-13,18H2,1-2H3,(H,39,40)/t19-,20-,21-,31-,33?/m0/s1. The number of pyridine rings is 1. The van der Waals surface area contributed by atoms with Crippen molar-refractivity contribution in [1.29, 1.82) is 0 Å². The van der Waals surface area contributed by atoms with E-state index in [-0.39, 0.29) is 18.4 Å². The molecule has 2 saturated heterocycles. The van der Waals surface area contributed by atoms with Crippen molar-refractivity contribution >= 4 is 11.8 Å². The lowest BCUT2D eigenvalue weighted by Gasteiger charge is -2.33. The number of carboxylic acid groups (broad SMARTS) is 1. The number of aromatic nitrogens is 1. The fourth-order valence-corrected chi connectivity index (χ4v) is 6.63. The number of rotatable bonds is 8. The van der Waals surface area contributed by atoms with Gasteiger partial charge in [-0.15, -0.1) is 0 Å². The SMILES string of the molecule is COc1ccc([C@H]2CC[C@H](C(=O)O)CC2)cc1-c1ccc(N2CCC2)nc1CN1C(O)O[C@H](c2cc(F)cc(F)c2)[C@@H]1C. The Morgan fingerprint density at radius 1 is 1.00 bits per heavy atom. The van der Waals surface area contributed by atoms with E-state index in [1.54, 1.807) is 12.0 Å². The van der Waals surface area contributed by atoms with E-state index in [1.807, 2.05) is 25.1 Å². The molecule has 3 aliphatic rings. The van der Waals surface area contributed by atoms with Crippen molar-refractivity contribution in [3.63, 3.8) is 0 Å². The number of ether oxygens (including phenoxy) is 2. The van der Waals surface area contributed by atoms with Crippen LogP contribution in [0.15, 0.2) is 48.5 Å². The van der Waals surface area contributed by atoms with Crippen LogP contribution in [-0.4, -0.2) is 58.7 Å². The van der Waals surface area contributed by atoms with Gasteiger partial charge < -0.3 is 24.6 Å². The molecule has 2 N–H and O–H groups in total. The van der Waals surface area contributed by atoms with E-state index >= 15 is 0 Å². The van der Waals surface area contributed by atoms with Gasteiger partial charge in [-0.05, 0) is 92.5 Å². The zero-order chi connectivity index (χ0) is 30.2. The summed E-state index contributed by atoms with van der Waals surface area (Å²) in [6.07, 6.45) is 1.98. The van der Waals surface area contributed by atoms with Gasteiger partial charge in [-0.3, -0.25) is 4.79 Å². The van der Waals surface area contributed by atoms with E-state index in [0.29, 0.717) is 24.2 Å². The van der Waals surface area contributed by atoms with Crippen LogP contribution >= 0.6 is 0 Å². The predicted molar refractivity (Wildman–Crippen MR) is 157 cm³/mol. The van der Waals surface area contributed by atoms with Crippen molar-refractivity contribution in [3.05, 3.63) is 77.0 Å². The van der Waals surface area contributed by atoms with Gasteiger partial charge >= 0.3 is 5.97 Å². The van der Waals surface area contributed by atoms with Gasteiger partial charge in [-0.2, -0.15) is 0 Å². The number of nitrogens with zero attached hydrogens (tertiary/aromatic N) is 3. The van der Waals surface area contributed by atoms with Gasteiger partial charge in [0.2, 0.25) is 6.41 Å². The molecular weight excluding hydrogens is 556 g/mol. The highest BCUT2D eigenvalue weighted by molar-refractivity contribution is 5.74. The number of aliphatic hydroxyl groups is 1. The minimum Gasteiger partial charge on any atom is -0.496 e. The highest BCUT2D eigenvalue weighted by atomic mass is 19.1. The van der Waals surface area contributed by atoms with Gasteiger partial charge in [-0.1, -0.05) is 6.07 Å². The zero-order valence-electron chi connectivity index (χ0n) is 24.4. The van der Waals surface area contributed by atoms with E-state index in [0.717, 1.165) is 66.6 Å². The lowest BCUT2D eigenvalue weighted by molar-refractivity contribution is -0.154. The molecule has 6 rings (SSSR count). The number of carbonyl (C=O) groups is 1. The smallest absolute Gasteiger partial charge is 0.306 e. The number of aliphatic carboxylic acids is 1. The minimum absolute atomic E-state index is 0.227. The Balaban J connectivity index is 1.34. The van der Waals surface area contributed by atoms with Crippen LogP contribution in [0.5, 0.6) is 5.75 Å². The van der Waals surface area contributed by atoms with Gasteiger partial charge in [0.05, 0.1) is 18.7 Å². The number of anilines is 1. The van der Waals surface area contributed by atoms with Gasteiger partial charge in [-0.25, -0.2) is 18.7 Å². The quantitative estimate of drug-likeness (QED) is 0.336. The fraction of sp³-hybridized carbons (Fsp3) is 0.455. The Bertz CT molecular complexity index is 1470. The molecule has 1 aliphatic carbocycles. The van der Waals surface area contributed by atoms with Crippen LogP contribution in [0.2, 0.25) is 0 Å². The molecule has 1 saturated carbocycles. The summed E-state index contributed by atoms with van der Waals surface area (Å²) in [5.74, 6) is -0.637. The van der Waals surface area contributed by atoms with E-state index < -0.39 is 36.2 Å². The maximum absolute atomic E-state index is 14.0. The topological polar surface area (TPSA) is 95.4 Å². The van der Waals surface area contributed by atoms with E-state index in [1.165, 1.54) is 12.1 Å². The molecule has 10 heteroatoms.